The van der Waals surface area contributed by atoms with Crippen LogP contribution in [0.2, 0.25) is 5.02 Å². The minimum absolute atomic E-state index is 0.0156. The summed E-state index contributed by atoms with van der Waals surface area (Å²) >= 11 is 7.17. The van der Waals surface area contributed by atoms with E-state index in [9.17, 15) is 14.0 Å². The number of benzene rings is 3. The second-order valence-electron chi connectivity index (χ2n) is 7.35. The second kappa shape index (κ2) is 12.0. The van der Waals surface area contributed by atoms with Gasteiger partial charge in [-0.1, -0.05) is 59.3 Å². The third-order valence-corrected chi connectivity index (χ3v) is 5.81. The summed E-state index contributed by atoms with van der Waals surface area (Å²) < 4.78 is 19.6. The van der Waals surface area contributed by atoms with Crippen molar-refractivity contribution in [3.63, 3.8) is 0 Å². The van der Waals surface area contributed by atoms with Gasteiger partial charge in [-0.2, -0.15) is 5.10 Å². The van der Waals surface area contributed by atoms with E-state index >= 15 is 0 Å². The molecular weight excluding hydrogens is 505 g/mol. The van der Waals surface area contributed by atoms with E-state index in [1.165, 1.54) is 12.3 Å². The zero-order valence-corrected chi connectivity index (χ0v) is 20.2. The Hall–Kier alpha value is -4.15. The first-order chi connectivity index (χ1) is 17.5. The molecule has 0 fully saturated rings. The number of carbonyl (C=O) groups is 2. The Bertz CT molecular complexity index is 1400. The molecule has 0 aliphatic carbocycles. The van der Waals surface area contributed by atoms with Crippen molar-refractivity contribution in [3.8, 4) is 5.75 Å². The van der Waals surface area contributed by atoms with Crippen LogP contribution >= 0.6 is 22.9 Å². The maximum absolute atomic E-state index is 13.9. The highest BCUT2D eigenvalue weighted by atomic mass is 35.5. The fraction of sp³-hybridized carbons (Fsp3) is 0.0800. The fourth-order valence-electron chi connectivity index (χ4n) is 3.01. The van der Waals surface area contributed by atoms with Crippen LogP contribution in [-0.2, 0) is 17.8 Å². The van der Waals surface area contributed by atoms with Crippen molar-refractivity contribution >= 4 is 46.1 Å². The molecule has 8 nitrogen and oxygen atoms in total. The average molecular weight is 524 g/mol. The van der Waals surface area contributed by atoms with Gasteiger partial charge in [-0.3, -0.25) is 14.9 Å². The van der Waals surface area contributed by atoms with Crippen LogP contribution in [0.4, 0.5) is 9.52 Å². The lowest BCUT2D eigenvalue weighted by molar-refractivity contribution is -0.120. The lowest BCUT2D eigenvalue weighted by Gasteiger charge is -2.10. The molecular formula is C25H19ClFN5O3S. The van der Waals surface area contributed by atoms with Gasteiger partial charge in [-0.05, 0) is 36.4 Å². The van der Waals surface area contributed by atoms with E-state index in [0.717, 1.165) is 11.3 Å². The Kier molecular flexibility index (Phi) is 8.32. The van der Waals surface area contributed by atoms with Crippen LogP contribution in [0.25, 0.3) is 0 Å². The number of hydrogen-bond acceptors (Lipinski definition) is 7. The molecule has 0 atom stereocenters. The molecule has 0 aliphatic heterocycles. The maximum atomic E-state index is 13.9. The van der Waals surface area contributed by atoms with Crippen molar-refractivity contribution in [2.75, 3.05) is 5.32 Å². The quantitative estimate of drug-likeness (QED) is 0.241. The SMILES string of the molecule is O=C(Cc1nnc(NC(=O)c2ccccc2)s1)NN=Cc1cc(Cl)ccc1OCc1ccccc1F. The smallest absolute Gasteiger partial charge is 0.257 e. The molecule has 1 heterocycles. The molecule has 36 heavy (non-hydrogen) atoms. The minimum atomic E-state index is -0.431. The summed E-state index contributed by atoms with van der Waals surface area (Å²) in [5.41, 5.74) is 3.80. The zero-order chi connectivity index (χ0) is 25.3. The first-order valence-corrected chi connectivity index (χ1v) is 11.8. The van der Waals surface area contributed by atoms with Gasteiger partial charge in [0.1, 0.15) is 23.2 Å². The van der Waals surface area contributed by atoms with Crippen LogP contribution in [0.15, 0.2) is 77.9 Å². The molecule has 1 aromatic heterocycles. The highest BCUT2D eigenvalue weighted by molar-refractivity contribution is 7.15. The van der Waals surface area contributed by atoms with E-state index in [1.807, 2.05) is 6.07 Å². The number of nitrogens with zero attached hydrogens (tertiary/aromatic N) is 3. The first kappa shape index (κ1) is 25.0. The Labute approximate surface area is 214 Å². The lowest BCUT2D eigenvalue weighted by atomic mass is 10.2. The molecule has 2 amide bonds. The lowest BCUT2D eigenvalue weighted by Crippen LogP contribution is -2.19. The number of anilines is 1. The molecule has 11 heteroatoms. The van der Waals surface area contributed by atoms with E-state index < -0.39 is 5.91 Å². The van der Waals surface area contributed by atoms with Crippen LogP contribution in [0.5, 0.6) is 5.75 Å². The van der Waals surface area contributed by atoms with Crippen molar-refractivity contribution in [2.24, 2.45) is 5.10 Å². The zero-order valence-electron chi connectivity index (χ0n) is 18.7. The Morgan fingerprint density at radius 2 is 1.83 bits per heavy atom. The summed E-state index contributed by atoms with van der Waals surface area (Å²) in [4.78, 5) is 24.5. The Morgan fingerprint density at radius 1 is 1.06 bits per heavy atom. The summed E-state index contributed by atoms with van der Waals surface area (Å²) in [5.74, 6) is -0.696. The molecule has 0 aliphatic rings. The van der Waals surface area contributed by atoms with Gasteiger partial charge in [-0.25, -0.2) is 9.82 Å². The Balaban J connectivity index is 1.32. The van der Waals surface area contributed by atoms with Crippen molar-refractivity contribution in [3.05, 3.63) is 105 Å². The third-order valence-electron chi connectivity index (χ3n) is 4.74. The average Bonchev–Trinajstić information content (AvgIpc) is 3.31. The highest BCUT2D eigenvalue weighted by Gasteiger charge is 2.12. The number of nitrogens with one attached hydrogen (secondary N) is 2. The number of ether oxygens (including phenoxy) is 1. The van der Waals surface area contributed by atoms with E-state index in [0.29, 0.717) is 32.5 Å². The minimum Gasteiger partial charge on any atom is -0.488 e. The molecule has 0 saturated carbocycles. The molecule has 3 aromatic carbocycles. The van der Waals surface area contributed by atoms with Crippen molar-refractivity contribution in [1.29, 1.82) is 0 Å². The van der Waals surface area contributed by atoms with Gasteiger partial charge in [0.15, 0.2) is 0 Å². The van der Waals surface area contributed by atoms with Crippen molar-refractivity contribution in [1.82, 2.24) is 15.6 Å². The molecule has 4 aromatic rings. The van der Waals surface area contributed by atoms with Crippen LogP contribution in [0.1, 0.15) is 26.5 Å². The molecule has 0 bridgehead atoms. The van der Waals surface area contributed by atoms with Gasteiger partial charge in [0.05, 0.1) is 12.6 Å². The summed E-state index contributed by atoms with van der Waals surface area (Å²) in [6.07, 6.45) is 1.30. The van der Waals surface area contributed by atoms with Gasteiger partial charge in [0.25, 0.3) is 5.91 Å². The van der Waals surface area contributed by atoms with E-state index in [1.54, 1.807) is 60.7 Å². The molecule has 0 radical (unpaired) electrons. The standard InChI is InChI=1S/C25H19ClFN5O3S/c26-19-10-11-21(35-15-17-8-4-5-9-20(17)27)18(12-19)14-28-30-22(33)13-23-31-32-25(36-23)29-24(34)16-6-2-1-3-7-16/h1-12,14H,13,15H2,(H,30,33)(H,29,32,34). The second-order valence-corrected chi connectivity index (χ2v) is 8.85. The van der Waals surface area contributed by atoms with Crippen LogP contribution in [-0.4, -0.2) is 28.2 Å². The molecule has 2 N–H and O–H groups in total. The van der Waals surface area contributed by atoms with Gasteiger partial charge in [-0.15, -0.1) is 10.2 Å². The number of amides is 2. The van der Waals surface area contributed by atoms with E-state index in [2.05, 4.69) is 26.0 Å². The van der Waals surface area contributed by atoms with Crippen molar-refractivity contribution in [2.45, 2.75) is 13.0 Å². The topological polar surface area (TPSA) is 106 Å². The molecule has 0 unspecified atom stereocenters. The molecule has 4 rings (SSSR count). The van der Waals surface area contributed by atoms with Crippen LogP contribution in [0.3, 0.4) is 0 Å². The summed E-state index contributed by atoms with van der Waals surface area (Å²) in [6.45, 7) is 0.0156. The molecule has 0 saturated heterocycles. The van der Waals surface area contributed by atoms with Gasteiger partial charge in [0, 0.05) is 21.7 Å². The predicted molar refractivity (Wildman–Crippen MR) is 136 cm³/mol. The van der Waals surface area contributed by atoms with Crippen molar-refractivity contribution < 1.29 is 18.7 Å². The third kappa shape index (κ3) is 6.94. The number of rotatable bonds is 9. The van der Waals surface area contributed by atoms with Gasteiger partial charge in [0.2, 0.25) is 11.0 Å². The summed E-state index contributed by atoms with van der Waals surface area (Å²) in [7, 11) is 0. The van der Waals surface area contributed by atoms with Gasteiger partial charge < -0.3 is 4.74 Å². The molecule has 0 spiro atoms. The van der Waals surface area contributed by atoms with E-state index in [4.69, 9.17) is 16.3 Å². The first-order valence-electron chi connectivity index (χ1n) is 10.6. The number of hydrogen-bond donors (Lipinski definition) is 2. The number of carbonyl (C=O) groups excluding carboxylic acids is 2. The van der Waals surface area contributed by atoms with Crippen LogP contribution < -0.4 is 15.5 Å². The van der Waals surface area contributed by atoms with Gasteiger partial charge >= 0.3 is 0 Å². The molecule has 182 valence electrons. The number of halogens is 2. The fourth-order valence-corrected chi connectivity index (χ4v) is 3.92. The maximum Gasteiger partial charge on any atom is 0.257 e. The largest absolute Gasteiger partial charge is 0.488 e. The number of hydrazone groups is 1. The Morgan fingerprint density at radius 3 is 2.64 bits per heavy atom. The normalized spacial score (nSPS) is 10.8. The number of aromatic nitrogens is 2. The summed E-state index contributed by atoms with van der Waals surface area (Å²) in [5, 5.41) is 15.6. The highest BCUT2D eigenvalue weighted by Crippen LogP contribution is 2.23. The van der Waals surface area contributed by atoms with E-state index in [-0.39, 0.29) is 29.9 Å². The van der Waals surface area contributed by atoms with Crippen LogP contribution in [0, 0.1) is 5.82 Å². The summed E-state index contributed by atoms with van der Waals surface area (Å²) in [6, 6.07) is 19.9. The predicted octanol–water partition coefficient (Wildman–Crippen LogP) is 4.85. The monoisotopic (exact) mass is 523 g/mol.